The summed E-state index contributed by atoms with van der Waals surface area (Å²) in [5.74, 6) is 1.04. The van der Waals surface area contributed by atoms with Gasteiger partial charge in [-0.2, -0.15) is 0 Å². The van der Waals surface area contributed by atoms with Gasteiger partial charge in [0.2, 0.25) is 0 Å². The Morgan fingerprint density at radius 2 is 1.76 bits per heavy atom. The van der Waals surface area contributed by atoms with Gasteiger partial charge in [-0.15, -0.1) is 11.3 Å². The van der Waals surface area contributed by atoms with Crippen LogP contribution in [0, 0.1) is 0 Å². The third kappa shape index (κ3) is 6.17. The molecule has 1 unspecified atom stereocenters. The molecule has 1 N–H and O–H groups in total. The number of nitrogens with zero attached hydrogens (tertiary/aromatic N) is 3. The first-order valence-electron chi connectivity index (χ1n) is 12.9. The number of benzene rings is 1. The van der Waals surface area contributed by atoms with Crippen molar-refractivity contribution < 1.29 is 9.84 Å². The molecular weight excluding hydrogens is 430 g/mol. The topological polar surface area (TPSA) is 39.2 Å². The lowest BCUT2D eigenvalue weighted by atomic mass is 10.0. The minimum Gasteiger partial charge on any atom is -0.492 e. The maximum atomic E-state index is 9.77. The first-order valence-corrected chi connectivity index (χ1v) is 13.8. The van der Waals surface area contributed by atoms with Crippen LogP contribution >= 0.6 is 11.3 Å². The normalized spacial score (nSPS) is 23.1. The van der Waals surface area contributed by atoms with Crippen molar-refractivity contribution >= 4 is 11.3 Å². The van der Waals surface area contributed by atoms with E-state index in [-0.39, 0.29) is 6.61 Å². The number of aliphatic hydroxyl groups excluding tert-OH is 1. The van der Waals surface area contributed by atoms with Crippen molar-refractivity contribution in [3.05, 3.63) is 51.2 Å². The molecule has 180 valence electrons. The van der Waals surface area contributed by atoms with E-state index in [1.807, 2.05) is 11.3 Å². The molecule has 1 aromatic carbocycles. The van der Waals surface area contributed by atoms with E-state index in [9.17, 15) is 5.11 Å². The van der Waals surface area contributed by atoms with Gasteiger partial charge in [0.25, 0.3) is 0 Å². The lowest BCUT2D eigenvalue weighted by Crippen LogP contribution is -2.41. The SMILES string of the molecule is OCC1CCCCN1Cc1ccc2c(c1)CN(Cc1cc(CN3CCCCC3)cs1)CCO2. The van der Waals surface area contributed by atoms with Crippen LogP contribution in [0.2, 0.25) is 0 Å². The van der Waals surface area contributed by atoms with Crippen LogP contribution in [0.4, 0.5) is 0 Å². The Labute approximate surface area is 203 Å². The third-order valence-electron chi connectivity index (χ3n) is 7.47. The molecule has 1 aromatic heterocycles. The summed E-state index contributed by atoms with van der Waals surface area (Å²) in [5, 5.41) is 12.1. The van der Waals surface area contributed by atoms with Gasteiger partial charge in [-0.25, -0.2) is 0 Å². The quantitative estimate of drug-likeness (QED) is 0.648. The molecule has 3 aliphatic heterocycles. The molecule has 2 fully saturated rings. The van der Waals surface area contributed by atoms with Gasteiger partial charge in [0.1, 0.15) is 12.4 Å². The van der Waals surface area contributed by atoms with Gasteiger partial charge in [-0.1, -0.05) is 18.9 Å². The lowest BCUT2D eigenvalue weighted by Gasteiger charge is -2.34. The zero-order valence-corrected chi connectivity index (χ0v) is 20.7. The lowest BCUT2D eigenvalue weighted by molar-refractivity contribution is 0.0841. The van der Waals surface area contributed by atoms with Gasteiger partial charge in [0.15, 0.2) is 0 Å². The molecular formula is C27H39N3O2S. The van der Waals surface area contributed by atoms with Crippen LogP contribution in [0.1, 0.15) is 60.1 Å². The van der Waals surface area contributed by atoms with Gasteiger partial charge in [0.05, 0.1) is 6.61 Å². The summed E-state index contributed by atoms with van der Waals surface area (Å²) in [6.45, 7) is 9.53. The summed E-state index contributed by atoms with van der Waals surface area (Å²) in [6.07, 6.45) is 7.68. The summed E-state index contributed by atoms with van der Waals surface area (Å²) in [4.78, 5) is 9.05. The number of ether oxygens (including phenoxy) is 1. The van der Waals surface area contributed by atoms with E-state index in [0.717, 1.165) is 58.0 Å². The fraction of sp³-hybridized carbons (Fsp3) is 0.630. The minimum absolute atomic E-state index is 0.266. The molecule has 6 heteroatoms. The number of thiophene rings is 1. The molecule has 0 amide bonds. The van der Waals surface area contributed by atoms with E-state index >= 15 is 0 Å². The van der Waals surface area contributed by atoms with Crippen molar-refractivity contribution in [1.82, 2.24) is 14.7 Å². The maximum Gasteiger partial charge on any atom is 0.123 e. The number of rotatable bonds is 7. The summed E-state index contributed by atoms with van der Waals surface area (Å²) in [5.41, 5.74) is 4.11. The average molecular weight is 470 g/mol. The number of fused-ring (bicyclic) bond motifs is 1. The van der Waals surface area contributed by atoms with Crippen LogP contribution in [0.15, 0.2) is 29.6 Å². The molecule has 2 aromatic rings. The van der Waals surface area contributed by atoms with Gasteiger partial charge in [0, 0.05) is 49.2 Å². The molecule has 0 saturated carbocycles. The highest BCUT2D eigenvalue weighted by atomic mass is 32.1. The number of aliphatic hydroxyl groups is 1. The Kier molecular flexibility index (Phi) is 8.00. The number of piperidine rings is 2. The van der Waals surface area contributed by atoms with Crippen LogP contribution in [0.25, 0.3) is 0 Å². The smallest absolute Gasteiger partial charge is 0.123 e. The van der Waals surface area contributed by atoms with Crippen molar-refractivity contribution in [2.45, 2.75) is 70.7 Å². The zero-order chi connectivity index (χ0) is 22.5. The van der Waals surface area contributed by atoms with Crippen LogP contribution in [-0.4, -0.2) is 65.2 Å². The second-order valence-corrected chi connectivity index (χ2v) is 11.1. The summed E-state index contributed by atoms with van der Waals surface area (Å²) in [6, 6.07) is 9.45. The Balaban J connectivity index is 1.21. The second-order valence-electron chi connectivity index (χ2n) is 10.1. The number of hydrogen-bond acceptors (Lipinski definition) is 6. The molecule has 0 radical (unpaired) electrons. The Hall–Kier alpha value is -1.44. The van der Waals surface area contributed by atoms with Crippen LogP contribution in [0.5, 0.6) is 5.75 Å². The minimum atomic E-state index is 0.266. The maximum absolute atomic E-state index is 9.77. The van der Waals surface area contributed by atoms with Gasteiger partial charge < -0.3 is 9.84 Å². The van der Waals surface area contributed by atoms with E-state index in [4.69, 9.17) is 4.74 Å². The van der Waals surface area contributed by atoms with E-state index in [2.05, 4.69) is 44.3 Å². The molecule has 0 bridgehead atoms. The first-order chi connectivity index (χ1) is 16.3. The van der Waals surface area contributed by atoms with Crippen molar-refractivity contribution in [2.75, 3.05) is 39.4 Å². The van der Waals surface area contributed by atoms with Crippen molar-refractivity contribution in [3.8, 4) is 5.75 Å². The standard InChI is InChI=1S/C27H39N3O2S/c31-20-25-6-2-5-11-30(25)17-22-7-8-27-24(14-22)18-29(12-13-32-27)19-26-15-23(21-33-26)16-28-9-3-1-4-10-28/h7-8,14-15,21,25,31H,1-6,9-13,16-20H2. The summed E-state index contributed by atoms with van der Waals surface area (Å²) in [7, 11) is 0. The fourth-order valence-electron chi connectivity index (χ4n) is 5.63. The van der Waals surface area contributed by atoms with E-state index in [1.54, 1.807) is 0 Å². The predicted octanol–water partition coefficient (Wildman–Crippen LogP) is 4.48. The molecule has 1 atom stereocenters. The Bertz CT molecular complexity index is 895. The van der Waals surface area contributed by atoms with Gasteiger partial charge in [-0.3, -0.25) is 14.7 Å². The van der Waals surface area contributed by atoms with Gasteiger partial charge >= 0.3 is 0 Å². The summed E-state index contributed by atoms with van der Waals surface area (Å²) >= 11 is 1.91. The Morgan fingerprint density at radius 1 is 0.879 bits per heavy atom. The molecule has 5 rings (SSSR count). The monoisotopic (exact) mass is 469 g/mol. The van der Waals surface area contributed by atoms with E-state index in [0.29, 0.717) is 6.04 Å². The third-order valence-corrected chi connectivity index (χ3v) is 8.44. The van der Waals surface area contributed by atoms with Crippen molar-refractivity contribution in [2.24, 2.45) is 0 Å². The molecule has 33 heavy (non-hydrogen) atoms. The van der Waals surface area contributed by atoms with Crippen LogP contribution < -0.4 is 4.74 Å². The Morgan fingerprint density at radius 3 is 2.64 bits per heavy atom. The number of likely N-dealkylation sites (tertiary alicyclic amines) is 2. The molecule has 3 aliphatic rings. The number of hydrogen-bond donors (Lipinski definition) is 1. The van der Waals surface area contributed by atoms with Crippen molar-refractivity contribution in [3.63, 3.8) is 0 Å². The fourth-order valence-corrected chi connectivity index (χ4v) is 6.55. The zero-order valence-electron chi connectivity index (χ0n) is 19.9. The molecule has 5 nitrogen and oxygen atoms in total. The van der Waals surface area contributed by atoms with E-state index < -0.39 is 0 Å². The highest BCUT2D eigenvalue weighted by molar-refractivity contribution is 7.10. The van der Waals surface area contributed by atoms with E-state index in [1.165, 1.54) is 66.8 Å². The predicted molar refractivity (Wildman–Crippen MR) is 135 cm³/mol. The van der Waals surface area contributed by atoms with Crippen molar-refractivity contribution in [1.29, 1.82) is 0 Å². The second kappa shape index (κ2) is 11.3. The van der Waals surface area contributed by atoms with Crippen LogP contribution in [-0.2, 0) is 26.2 Å². The van der Waals surface area contributed by atoms with Crippen LogP contribution in [0.3, 0.4) is 0 Å². The van der Waals surface area contributed by atoms with Gasteiger partial charge in [-0.05, 0) is 80.0 Å². The molecule has 2 saturated heterocycles. The molecule has 0 spiro atoms. The average Bonchev–Trinajstić information content (AvgIpc) is 3.17. The highest BCUT2D eigenvalue weighted by Gasteiger charge is 2.23. The largest absolute Gasteiger partial charge is 0.492 e. The highest BCUT2D eigenvalue weighted by Crippen LogP contribution is 2.28. The summed E-state index contributed by atoms with van der Waals surface area (Å²) < 4.78 is 6.11. The molecule has 0 aliphatic carbocycles. The molecule has 4 heterocycles. The first kappa shape index (κ1) is 23.3.